The first-order valence-corrected chi connectivity index (χ1v) is 8.24. The molecule has 2 rings (SSSR count). The Bertz CT molecular complexity index is 363. The lowest BCUT2D eigenvalue weighted by Gasteiger charge is -2.32. The van der Waals surface area contributed by atoms with E-state index in [4.69, 9.17) is 5.73 Å². The molecule has 0 bridgehead atoms. The SMILES string of the molecule is CC1CCCC(CN(CCCN)Cc2ccccc2)C1. The van der Waals surface area contributed by atoms with Crippen LogP contribution in [0.4, 0.5) is 0 Å². The van der Waals surface area contributed by atoms with Crippen molar-refractivity contribution in [3.8, 4) is 0 Å². The Hall–Kier alpha value is -0.860. The zero-order valence-electron chi connectivity index (χ0n) is 12.9. The number of nitrogens with two attached hydrogens (primary N) is 1. The number of benzene rings is 1. The molecule has 20 heavy (non-hydrogen) atoms. The van der Waals surface area contributed by atoms with Crippen LogP contribution in [-0.2, 0) is 6.54 Å². The van der Waals surface area contributed by atoms with E-state index in [2.05, 4.69) is 42.2 Å². The lowest BCUT2D eigenvalue weighted by molar-refractivity contribution is 0.173. The molecule has 1 aliphatic rings. The van der Waals surface area contributed by atoms with Crippen molar-refractivity contribution in [2.24, 2.45) is 17.6 Å². The molecule has 1 aromatic carbocycles. The monoisotopic (exact) mass is 274 g/mol. The van der Waals surface area contributed by atoms with Gasteiger partial charge in [-0.3, -0.25) is 4.90 Å². The van der Waals surface area contributed by atoms with Crippen molar-refractivity contribution in [2.75, 3.05) is 19.6 Å². The molecule has 2 atom stereocenters. The highest BCUT2D eigenvalue weighted by atomic mass is 15.1. The lowest BCUT2D eigenvalue weighted by atomic mass is 9.82. The molecular weight excluding hydrogens is 244 g/mol. The topological polar surface area (TPSA) is 29.3 Å². The van der Waals surface area contributed by atoms with Gasteiger partial charge in [-0.15, -0.1) is 0 Å². The second-order valence-corrected chi connectivity index (χ2v) is 6.50. The predicted molar refractivity (Wildman–Crippen MR) is 86.5 cm³/mol. The first-order chi connectivity index (χ1) is 9.78. The predicted octanol–water partition coefficient (Wildman–Crippen LogP) is 3.66. The Morgan fingerprint density at radius 3 is 2.70 bits per heavy atom. The van der Waals surface area contributed by atoms with Gasteiger partial charge in [-0.25, -0.2) is 0 Å². The Morgan fingerprint density at radius 1 is 1.20 bits per heavy atom. The zero-order valence-corrected chi connectivity index (χ0v) is 12.9. The summed E-state index contributed by atoms with van der Waals surface area (Å²) in [5.41, 5.74) is 7.12. The van der Waals surface area contributed by atoms with Crippen molar-refractivity contribution in [3.63, 3.8) is 0 Å². The second kappa shape index (κ2) is 8.43. The standard InChI is InChI=1S/C18H30N2/c1-16-7-5-10-18(13-16)15-20(12-6-11-19)14-17-8-3-2-4-9-17/h2-4,8-9,16,18H,5-7,10-15,19H2,1H3. The molecule has 0 aliphatic heterocycles. The largest absolute Gasteiger partial charge is 0.330 e. The Morgan fingerprint density at radius 2 is 2.00 bits per heavy atom. The molecule has 0 aromatic heterocycles. The fourth-order valence-electron chi connectivity index (χ4n) is 3.48. The van der Waals surface area contributed by atoms with E-state index in [-0.39, 0.29) is 0 Å². The van der Waals surface area contributed by atoms with E-state index in [0.717, 1.165) is 37.9 Å². The van der Waals surface area contributed by atoms with E-state index >= 15 is 0 Å². The van der Waals surface area contributed by atoms with Gasteiger partial charge < -0.3 is 5.73 Å². The Kier molecular flexibility index (Phi) is 6.55. The molecule has 112 valence electrons. The fourth-order valence-corrected chi connectivity index (χ4v) is 3.48. The molecule has 1 aromatic rings. The first-order valence-electron chi connectivity index (χ1n) is 8.24. The maximum atomic E-state index is 5.70. The van der Waals surface area contributed by atoms with Crippen molar-refractivity contribution in [3.05, 3.63) is 35.9 Å². The molecule has 1 aliphatic carbocycles. The number of hydrogen-bond acceptors (Lipinski definition) is 2. The van der Waals surface area contributed by atoms with Crippen LogP contribution in [0, 0.1) is 11.8 Å². The summed E-state index contributed by atoms with van der Waals surface area (Å²) in [6.45, 7) is 6.67. The summed E-state index contributed by atoms with van der Waals surface area (Å²) in [6.07, 6.45) is 6.78. The molecule has 0 amide bonds. The van der Waals surface area contributed by atoms with Gasteiger partial charge in [-0.1, -0.05) is 50.1 Å². The number of rotatable bonds is 7. The van der Waals surface area contributed by atoms with Crippen LogP contribution in [0.1, 0.15) is 44.6 Å². The van der Waals surface area contributed by atoms with E-state index in [1.54, 1.807) is 0 Å². The average molecular weight is 274 g/mol. The molecule has 0 saturated heterocycles. The van der Waals surface area contributed by atoms with Gasteiger partial charge in [0.25, 0.3) is 0 Å². The summed E-state index contributed by atoms with van der Waals surface area (Å²) in [5.74, 6) is 1.81. The highest BCUT2D eigenvalue weighted by Crippen LogP contribution is 2.29. The van der Waals surface area contributed by atoms with Gasteiger partial charge in [0.15, 0.2) is 0 Å². The van der Waals surface area contributed by atoms with Crippen LogP contribution >= 0.6 is 0 Å². The van der Waals surface area contributed by atoms with Crippen molar-refractivity contribution >= 4 is 0 Å². The maximum absolute atomic E-state index is 5.70. The van der Waals surface area contributed by atoms with Gasteiger partial charge in [0.05, 0.1) is 0 Å². The normalized spacial score (nSPS) is 23.1. The molecule has 0 heterocycles. The number of nitrogens with zero attached hydrogens (tertiary/aromatic N) is 1. The highest BCUT2D eigenvalue weighted by molar-refractivity contribution is 5.14. The molecule has 2 nitrogen and oxygen atoms in total. The van der Waals surface area contributed by atoms with E-state index < -0.39 is 0 Å². The van der Waals surface area contributed by atoms with Crippen LogP contribution in [-0.4, -0.2) is 24.5 Å². The summed E-state index contributed by atoms with van der Waals surface area (Å²) in [7, 11) is 0. The van der Waals surface area contributed by atoms with Crippen molar-refractivity contribution < 1.29 is 0 Å². The van der Waals surface area contributed by atoms with Crippen LogP contribution in [0.3, 0.4) is 0 Å². The van der Waals surface area contributed by atoms with Crippen LogP contribution in [0.15, 0.2) is 30.3 Å². The second-order valence-electron chi connectivity index (χ2n) is 6.50. The van der Waals surface area contributed by atoms with Gasteiger partial charge in [-0.2, -0.15) is 0 Å². The van der Waals surface area contributed by atoms with Gasteiger partial charge in [-0.05, 0) is 49.8 Å². The van der Waals surface area contributed by atoms with Crippen molar-refractivity contribution in [1.29, 1.82) is 0 Å². The minimum Gasteiger partial charge on any atom is -0.330 e. The van der Waals surface area contributed by atoms with Crippen LogP contribution < -0.4 is 5.73 Å². The molecule has 2 N–H and O–H groups in total. The van der Waals surface area contributed by atoms with Gasteiger partial charge >= 0.3 is 0 Å². The quantitative estimate of drug-likeness (QED) is 0.822. The minimum absolute atomic E-state index is 0.798. The summed E-state index contributed by atoms with van der Waals surface area (Å²) in [4.78, 5) is 2.62. The minimum atomic E-state index is 0.798. The lowest BCUT2D eigenvalue weighted by Crippen LogP contribution is -2.33. The summed E-state index contributed by atoms with van der Waals surface area (Å²) < 4.78 is 0. The number of hydrogen-bond donors (Lipinski definition) is 1. The summed E-state index contributed by atoms with van der Waals surface area (Å²) in [5, 5.41) is 0. The summed E-state index contributed by atoms with van der Waals surface area (Å²) in [6, 6.07) is 10.8. The van der Waals surface area contributed by atoms with Gasteiger partial charge in [0, 0.05) is 13.1 Å². The molecule has 0 spiro atoms. The molecule has 1 fully saturated rings. The van der Waals surface area contributed by atoms with Gasteiger partial charge in [0.2, 0.25) is 0 Å². The average Bonchev–Trinajstić information content (AvgIpc) is 2.46. The first kappa shape index (κ1) is 15.5. The van der Waals surface area contributed by atoms with Crippen molar-refractivity contribution in [2.45, 2.75) is 45.6 Å². The third-order valence-corrected chi connectivity index (χ3v) is 4.49. The fraction of sp³-hybridized carbons (Fsp3) is 0.667. The molecule has 0 radical (unpaired) electrons. The molecule has 1 saturated carbocycles. The maximum Gasteiger partial charge on any atom is 0.0233 e. The van der Waals surface area contributed by atoms with E-state index in [1.807, 2.05) is 0 Å². The van der Waals surface area contributed by atoms with E-state index in [0.29, 0.717) is 0 Å². The highest BCUT2D eigenvalue weighted by Gasteiger charge is 2.21. The zero-order chi connectivity index (χ0) is 14.2. The smallest absolute Gasteiger partial charge is 0.0233 e. The summed E-state index contributed by atoms with van der Waals surface area (Å²) >= 11 is 0. The van der Waals surface area contributed by atoms with Crippen LogP contribution in [0.2, 0.25) is 0 Å². The molecule has 2 unspecified atom stereocenters. The Balaban J connectivity index is 1.89. The van der Waals surface area contributed by atoms with Gasteiger partial charge in [0.1, 0.15) is 0 Å². The van der Waals surface area contributed by atoms with Crippen LogP contribution in [0.5, 0.6) is 0 Å². The molecular formula is C18H30N2. The third-order valence-electron chi connectivity index (χ3n) is 4.49. The molecule has 2 heteroatoms. The van der Waals surface area contributed by atoms with Crippen molar-refractivity contribution in [1.82, 2.24) is 4.90 Å². The Labute approximate surface area is 124 Å². The van der Waals surface area contributed by atoms with E-state index in [9.17, 15) is 0 Å². The van der Waals surface area contributed by atoms with Crippen LogP contribution in [0.25, 0.3) is 0 Å². The van der Waals surface area contributed by atoms with E-state index in [1.165, 1.54) is 37.8 Å². The third kappa shape index (κ3) is 5.26.